The molecule has 0 fully saturated rings. The Hall–Kier alpha value is -1.62. The number of Topliss-reactive ketones (excluding diaryl/α,β-unsaturated/α-hetero) is 1. The van der Waals surface area contributed by atoms with Gasteiger partial charge in [0.2, 0.25) is 0 Å². The largest absolute Gasteiger partial charge is 0.299 e. The maximum absolute atomic E-state index is 11.1. The summed E-state index contributed by atoms with van der Waals surface area (Å²) in [6.07, 6.45) is 0.903. The van der Waals surface area contributed by atoms with E-state index in [4.69, 9.17) is 5.26 Å². The van der Waals surface area contributed by atoms with Gasteiger partial charge in [0.1, 0.15) is 5.78 Å². The Morgan fingerprint density at radius 3 is 2.77 bits per heavy atom. The molecule has 13 heavy (non-hydrogen) atoms. The van der Waals surface area contributed by atoms with E-state index in [2.05, 4.69) is 6.07 Å². The van der Waals surface area contributed by atoms with Crippen LogP contribution in [0.2, 0.25) is 0 Å². The van der Waals surface area contributed by atoms with Crippen LogP contribution in [0.15, 0.2) is 24.3 Å². The minimum Gasteiger partial charge on any atom is -0.299 e. The van der Waals surface area contributed by atoms with Gasteiger partial charge in [-0.2, -0.15) is 5.26 Å². The van der Waals surface area contributed by atoms with Gasteiger partial charge in [-0.25, -0.2) is 0 Å². The van der Waals surface area contributed by atoms with E-state index in [1.165, 1.54) is 0 Å². The van der Waals surface area contributed by atoms with Crippen molar-refractivity contribution in [2.75, 3.05) is 0 Å². The molecule has 0 heterocycles. The molecule has 0 atom stereocenters. The lowest BCUT2D eigenvalue weighted by atomic mass is 10.0. The highest BCUT2D eigenvalue weighted by Crippen LogP contribution is 2.08. The van der Waals surface area contributed by atoms with Gasteiger partial charge in [0.05, 0.1) is 11.6 Å². The smallest absolute Gasteiger partial charge is 0.137 e. The van der Waals surface area contributed by atoms with Crippen molar-refractivity contribution >= 4 is 5.78 Å². The van der Waals surface area contributed by atoms with Crippen molar-refractivity contribution in [1.29, 1.82) is 5.26 Å². The number of nitriles is 1. The Labute approximate surface area is 77.8 Å². The summed E-state index contributed by atoms with van der Waals surface area (Å²) in [4.78, 5) is 11.1. The highest BCUT2D eigenvalue weighted by Gasteiger charge is 2.04. The third kappa shape index (κ3) is 2.41. The van der Waals surface area contributed by atoms with E-state index in [1.54, 1.807) is 12.1 Å². The molecule has 2 nitrogen and oxygen atoms in total. The van der Waals surface area contributed by atoms with Gasteiger partial charge in [-0.3, -0.25) is 4.79 Å². The molecule has 1 aromatic rings. The van der Waals surface area contributed by atoms with Crippen molar-refractivity contribution in [3.8, 4) is 6.07 Å². The number of hydrogen-bond donors (Lipinski definition) is 0. The number of carbonyl (C=O) groups excluding carboxylic acids is 1. The van der Waals surface area contributed by atoms with Gasteiger partial charge < -0.3 is 0 Å². The molecule has 0 saturated heterocycles. The molecular weight excluding hydrogens is 162 g/mol. The summed E-state index contributed by atoms with van der Waals surface area (Å²) < 4.78 is 0. The molecule has 0 aliphatic carbocycles. The van der Waals surface area contributed by atoms with E-state index in [0.29, 0.717) is 18.4 Å². The third-order valence-electron chi connectivity index (χ3n) is 1.92. The van der Waals surface area contributed by atoms with Gasteiger partial charge in [-0.1, -0.05) is 25.1 Å². The first-order chi connectivity index (χ1) is 6.27. The van der Waals surface area contributed by atoms with Crippen LogP contribution in [-0.4, -0.2) is 5.78 Å². The van der Waals surface area contributed by atoms with Crippen molar-refractivity contribution in [3.05, 3.63) is 35.4 Å². The Kier molecular flexibility index (Phi) is 3.22. The summed E-state index contributed by atoms with van der Waals surface area (Å²) in [6.45, 7) is 1.83. The second kappa shape index (κ2) is 4.42. The zero-order valence-electron chi connectivity index (χ0n) is 7.58. The molecule has 0 spiro atoms. The summed E-state index contributed by atoms with van der Waals surface area (Å²) in [5.41, 5.74) is 1.43. The van der Waals surface area contributed by atoms with Crippen LogP contribution in [-0.2, 0) is 11.2 Å². The SMILES string of the molecule is CCC(=O)Cc1ccccc1C#N. The number of ketones is 1. The fourth-order valence-corrected chi connectivity index (χ4v) is 1.12. The molecule has 0 amide bonds. The lowest BCUT2D eigenvalue weighted by Crippen LogP contribution is -2.01. The van der Waals surface area contributed by atoms with E-state index < -0.39 is 0 Å². The highest BCUT2D eigenvalue weighted by molar-refractivity contribution is 5.81. The molecule has 0 unspecified atom stereocenters. The van der Waals surface area contributed by atoms with Gasteiger partial charge in [0, 0.05) is 12.8 Å². The Morgan fingerprint density at radius 2 is 2.15 bits per heavy atom. The van der Waals surface area contributed by atoms with Crippen LogP contribution in [0.3, 0.4) is 0 Å². The topological polar surface area (TPSA) is 40.9 Å². The molecule has 0 bridgehead atoms. The van der Waals surface area contributed by atoms with Crippen LogP contribution in [0.5, 0.6) is 0 Å². The molecule has 1 rings (SSSR count). The Bertz CT molecular complexity index is 349. The van der Waals surface area contributed by atoms with Gasteiger partial charge in [0.15, 0.2) is 0 Å². The standard InChI is InChI=1S/C11H11NO/c1-2-11(13)7-9-5-3-4-6-10(9)8-12/h3-6H,2,7H2,1H3. The van der Waals surface area contributed by atoms with E-state index >= 15 is 0 Å². The van der Waals surface area contributed by atoms with Crippen LogP contribution < -0.4 is 0 Å². The van der Waals surface area contributed by atoms with Crippen molar-refractivity contribution in [1.82, 2.24) is 0 Å². The lowest BCUT2D eigenvalue weighted by molar-refractivity contribution is -0.118. The number of carbonyl (C=O) groups is 1. The fourth-order valence-electron chi connectivity index (χ4n) is 1.12. The van der Waals surface area contributed by atoms with Crippen LogP contribution in [0.1, 0.15) is 24.5 Å². The number of hydrogen-bond acceptors (Lipinski definition) is 2. The zero-order valence-corrected chi connectivity index (χ0v) is 7.58. The number of benzene rings is 1. The maximum Gasteiger partial charge on any atom is 0.137 e. The third-order valence-corrected chi connectivity index (χ3v) is 1.92. The maximum atomic E-state index is 11.1. The first kappa shape index (κ1) is 9.47. The molecule has 1 aromatic carbocycles. The molecule has 0 N–H and O–H groups in total. The molecule has 66 valence electrons. The second-order valence-electron chi connectivity index (χ2n) is 2.84. The fraction of sp³-hybridized carbons (Fsp3) is 0.273. The highest BCUT2D eigenvalue weighted by atomic mass is 16.1. The van der Waals surface area contributed by atoms with Crippen molar-refractivity contribution in [3.63, 3.8) is 0 Å². The molecule has 0 aliphatic heterocycles. The Morgan fingerprint density at radius 1 is 1.46 bits per heavy atom. The monoisotopic (exact) mass is 173 g/mol. The minimum atomic E-state index is 0.169. The quantitative estimate of drug-likeness (QED) is 0.702. The first-order valence-corrected chi connectivity index (χ1v) is 4.27. The lowest BCUT2D eigenvalue weighted by Gasteiger charge is -2.00. The zero-order chi connectivity index (χ0) is 9.68. The first-order valence-electron chi connectivity index (χ1n) is 4.27. The van der Waals surface area contributed by atoms with Crippen molar-refractivity contribution in [2.24, 2.45) is 0 Å². The summed E-state index contributed by atoms with van der Waals surface area (Å²) in [5.74, 6) is 0.169. The van der Waals surface area contributed by atoms with Crippen LogP contribution in [0.4, 0.5) is 0 Å². The average Bonchev–Trinajstić information content (AvgIpc) is 2.18. The predicted molar refractivity (Wildman–Crippen MR) is 50.2 cm³/mol. The van der Waals surface area contributed by atoms with Crippen LogP contribution in [0.25, 0.3) is 0 Å². The summed E-state index contributed by atoms with van der Waals surface area (Å²) in [5, 5.41) is 8.74. The average molecular weight is 173 g/mol. The van der Waals surface area contributed by atoms with E-state index in [9.17, 15) is 4.79 Å². The molecule has 0 radical (unpaired) electrons. The normalized spacial score (nSPS) is 9.23. The molecule has 0 saturated carbocycles. The van der Waals surface area contributed by atoms with E-state index in [-0.39, 0.29) is 5.78 Å². The number of rotatable bonds is 3. The Balaban J connectivity index is 2.89. The predicted octanol–water partition coefficient (Wildman–Crippen LogP) is 2.08. The molecule has 0 aromatic heterocycles. The van der Waals surface area contributed by atoms with Crippen LogP contribution >= 0.6 is 0 Å². The van der Waals surface area contributed by atoms with Gasteiger partial charge in [-0.15, -0.1) is 0 Å². The van der Waals surface area contributed by atoms with Crippen molar-refractivity contribution in [2.45, 2.75) is 19.8 Å². The summed E-state index contributed by atoms with van der Waals surface area (Å²) >= 11 is 0. The van der Waals surface area contributed by atoms with Gasteiger partial charge >= 0.3 is 0 Å². The molecular formula is C11H11NO. The van der Waals surface area contributed by atoms with E-state index in [0.717, 1.165) is 5.56 Å². The minimum absolute atomic E-state index is 0.169. The second-order valence-corrected chi connectivity index (χ2v) is 2.84. The van der Waals surface area contributed by atoms with Gasteiger partial charge in [0.25, 0.3) is 0 Å². The van der Waals surface area contributed by atoms with Crippen molar-refractivity contribution < 1.29 is 4.79 Å². The summed E-state index contributed by atoms with van der Waals surface area (Å²) in [6, 6.07) is 9.28. The van der Waals surface area contributed by atoms with Gasteiger partial charge in [-0.05, 0) is 11.6 Å². The van der Waals surface area contributed by atoms with Crippen LogP contribution in [0, 0.1) is 11.3 Å². The number of nitrogens with zero attached hydrogens (tertiary/aromatic N) is 1. The summed E-state index contributed by atoms with van der Waals surface area (Å²) in [7, 11) is 0. The molecule has 0 aliphatic rings. The molecule has 2 heteroatoms. The van der Waals surface area contributed by atoms with E-state index in [1.807, 2.05) is 19.1 Å².